The van der Waals surface area contributed by atoms with Gasteiger partial charge in [0.25, 0.3) is 0 Å². The number of nitrogens with one attached hydrogen (secondary N) is 1. The van der Waals surface area contributed by atoms with Crippen molar-refractivity contribution in [2.24, 2.45) is 5.41 Å². The van der Waals surface area contributed by atoms with E-state index >= 15 is 0 Å². The molecule has 0 aliphatic heterocycles. The summed E-state index contributed by atoms with van der Waals surface area (Å²) in [6.07, 6.45) is 0.987. The maximum absolute atomic E-state index is 10.8. The van der Waals surface area contributed by atoms with Crippen molar-refractivity contribution < 1.29 is 4.92 Å². The SMILES string of the molecule is CC1(C)CC1Nc1nc(N)ccc1[N+](=O)[O-]. The summed E-state index contributed by atoms with van der Waals surface area (Å²) in [6.45, 7) is 4.20. The highest BCUT2D eigenvalue weighted by molar-refractivity contribution is 5.60. The fourth-order valence-electron chi connectivity index (χ4n) is 1.60. The molecule has 86 valence electrons. The number of anilines is 2. The topological polar surface area (TPSA) is 94.1 Å². The average Bonchev–Trinajstić information content (AvgIpc) is 2.72. The van der Waals surface area contributed by atoms with Crippen LogP contribution in [0.3, 0.4) is 0 Å². The first-order valence-corrected chi connectivity index (χ1v) is 5.07. The van der Waals surface area contributed by atoms with E-state index in [1.54, 1.807) is 0 Å². The lowest BCUT2D eigenvalue weighted by Crippen LogP contribution is -2.12. The van der Waals surface area contributed by atoms with Crippen LogP contribution in [0, 0.1) is 15.5 Å². The van der Waals surface area contributed by atoms with Crippen LogP contribution in [-0.2, 0) is 0 Å². The second kappa shape index (κ2) is 3.33. The molecule has 1 aromatic rings. The van der Waals surface area contributed by atoms with Gasteiger partial charge in [-0.1, -0.05) is 13.8 Å². The lowest BCUT2D eigenvalue weighted by atomic mass is 10.2. The van der Waals surface area contributed by atoms with Crippen LogP contribution in [0.15, 0.2) is 12.1 Å². The van der Waals surface area contributed by atoms with E-state index in [4.69, 9.17) is 5.73 Å². The van der Waals surface area contributed by atoms with Gasteiger partial charge in [0, 0.05) is 12.1 Å². The lowest BCUT2D eigenvalue weighted by molar-refractivity contribution is -0.384. The van der Waals surface area contributed by atoms with Crippen molar-refractivity contribution in [3.63, 3.8) is 0 Å². The standard InChI is InChI=1S/C10H14N4O2/c1-10(2)5-7(10)12-9-6(14(15)16)3-4-8(11)13-9/h3-4,7H,5H2,1-2H3,(H3,11,12,13). The van der Waals surface area contributed by atoms with Gasteiger partial charge in [-0.2, -0.15) is 0 Å². The van der Waals surface area contributed by atoms with Gasteiger partial charge in [0.1, 0.15) is 5.82 Å². The van der Waals surface area contributed by atoms with Crippen LogP contribution in [0.1, 0.15) is 20.3 Å². The summed E-state index contributed by atoms with van der Waals surface area (Å²) in [7, 11) is 0. The van der Waals surface area contributed by atoms with Crippen LogP contribution in [0.4, 0.5) is 17.3 Å². The zero-order chi connectivity index (χ0) is 11.9. The lowest BCUT2D eigenvalue weighted by Gasteiger charge is -2.08. The molecule has 0 saturated heterocycles. The van der Waals surface area contributed by atoms with Gasteiger partial charge >= 0.3 is 5.69 Å². The molecule has 1 aliphatic carbocycles. The van der Waals surface area contributed by atoms with Crippen LogP contribution < -0.4 is 11.1 Å². The second-order valence-corrected chi connectivity index (χ2v) is 4.75. The van der Waals surface area contributed by atoms with Gasteiger partial charge in [0.05, 0.1) is 4.92 Å². The van der Waals surface area contributed by atoms with E-state index in [0.717, 1.165) is 6.42 Å². The maximum atomic E-state index is 10.8. The largest absolute Gasteiger partial charge is 0.384 e. The van der Waals surface area contributed by atoms with E-state index in [9.17, 15) is 10.1 Å². The van der Waals surface area contributed by atoms with E-state index in [0.29, 0.717) is 0 Å². The fourth-order valence-corrected chi connectivity index (χ4v) is 1.60. The highest BCUT2D eigenvalue weighted by atomic mass is 16.6. The van der Waals surface area contributed by atoms with Crippen molar-refractivity contribution in [1.82, 2.24) is 4.98 Å². The second-order valence-electron chi connectivity index (χ2n) is 4.75. The van der Waals surface area contributed by atoms with Gasteiger partial charge in [-0.05, 0) is 17.9 Å². The summed E-state index contributed by atoms with van der Waals surface area (Å²) in [5.41, 5.74) is 5.67. The molecule has 0 radical (unpaired) electrons. The van der Waals surface area contributed by atoms with Crippen LogP contribution in [-0.4, -0.2) is 15.9 Å². The van der Waals surface area contributed by atoms with E-state index in [1.807, 2.05) is 0 Å². The van der Waals surface area contributed by atoms with Gasteiger partial charge in [-0.15, -0.1) is 0 Å². The molecule has 0 amide bonds. The Kier molecular flexibility index (Phi) is 2.22. The Morgan fingerprint density at radius 1 is 1.62 bits per heavy atom. The average molecular weight is 222 g/mol. The molecule has 3 N–H and O–H groups in total. The third kappa shape index (κ3) is 1.91. The van der Waals surface area contributed by atoms with Gasteiger partial charge in [-0.3, -0.25) is 10.1 Å². The number of nitrogen functional groups attached to an aromatic ring is 1. The number of pyridine rings is 1. The number of rotatable bonds is 3. The number of nitro groups is 1. The summed E-state index contributed by atoms with van der Waals surface area (Å²) >= 11 is 0. The maximum Gasteiger partial charge on any atom is 0.311 e. The van der Waals surface area contributed by atoms with Crippen molar-refractivity contribution in [2.45, 2.75) is 26.3 Å². The zero-order valence-corrected chi connectivity index (χ0v) is 9.23. The van der Waals surface area contributed by atoms with Crippen molar-refractivity contribution in [2.75, 3.05) is 11.1 Å². The van der Waals surface area contributed by atoms with Crippen LogP contribution >= 0.6 is 0 Å². The monoisotopic (exact) mass is 222 g/mol. The van der Waals surface area contributed by atoms with Crippen molar-refractivity contribution >= 4 is 17.3 Å². The molecule has 1 fully saturated rings. The molecule has 0 aromatic carbocycles. The smallest absolute Gasteiger partial charge is 0.311 e. The molecule has 1 saturated carbocycles. The Morgan fingerprint density at radius 2 is 2.25 bits per heavy atom. The molecule has 0 spiro atoms. The molecule has 6 heteroatoms. The van der Waals surface area contributed by atoms with E-state index < -0.39 is 4.92 Å². The summed E-state index contributed by atoms with van der Waals surface area (Å²) in [5, 5.41) is 13.8. The first-order chi connectivity index (χ1) is 7.40. The Bertz CT molecular complexity index is 444. The minimum absolute atomic E-state index is 0.0306. The first kappa shape index (κ1) is 10.7. The predicted octanol–water partition coefficient (Wildman–Crippen LogP) is 1.78. The van der Waals surface area contributed by atoms with Gasteiger partial charge in [-0.25, -0.2) is 4.98 Å². The molecular weight excluding hydrogens is 208 g/mol. The molecule has 1 aromatic heterocycles. The van der Waals surface area contributed by atoms with E-state index in [1.165, 1.54) is 12.1 Å². The van der Waals surface area contributed by atoms with E-state index in [2.05, 4.69) is 24.1 Å². The van der Waals surface area contributed by atoms with Crippen molar-refractivity contribution in [3.8, 4) is 0 Å². The third-order valence-corrected chi connectivity index (χ3v) is 2.92. The molecular formula is C10H14N4O2. The van der Waals surface area contributed by atoms with Crippen LogP contribution in [0.25, 0.3) is 0 Å². The summed E-state index contributed by atoms with van der Waals surface area (Å²) < 4.78 is 0. The van der Waals surface area contributed by atoms with Gasteiger partial charge in [0.2, 0.25) is 5.82 Å². The predicted molar refractivity (Wildman–Crippen MR) is 61.1 cm³/mol. The number of hydrogen-bond donors (Lipinski definition) is 2. The summed E-state index contributed by atoms with van der Waals surface area (Å²) in [5.74, 6) is 0.548. The normalized spacial score (nSPS) is 21.5. The zero-order valence-electron chi connectivity index (χ0n) is 9.23. The fraction of sp³-hybridized carbons (Fsp3) is 0.500. The number of aromatic nitrogens is 1. The Morgan fingerprint density at radius 3 is 2.75 bits per heavy atom. The summed E-state index contributed by atoms with van der Waals surface area (Å²) in [4.78, 5) is 14.3. The molecule has 2 rings (SSSR count). The minimum Gasteiger partial charge on any atom is -0.384 e. The molecule has 0 bridgehead atoms. The molecule has 1 atom stereocenters. The number of hydrogen-bond acceptors (Lipinski definition) is 5. The first-order valence-electron chi connectivity index (χ1n) is 5.07. The van der Waals surface area contributed by atoms with Crippen molar-refractivity contribution in [1.29, 1.82) is 0 Å². The molecule has 1 unspecified atom stereocenters. The minimum atomic E-state index is -0.454. The number of nitrogens with zero attached hydrogens (tertiary/aromatic N) is 2. The highest BCUT2D eigenvalue weighted by Gasteiger charge is 2.46. The van der Waals surface area contributed by atoms with Gasteiger partial charge in [0.15, 0.2) is 0 Å². The van der Waals surface area contributed by atoms with E-state index in [-0.39, 0.29) is 28.8 Å². The van der Waals surface area contributed by atoms with Crippen LogP contribution in [0.2, 0.25) is 0 Å². The molecule has 1 heterocycles. The number of nitrogens with two attached hydrogens (primary N) is 1. The highest BCUT2D eigenvalue weighted by Crippen LogP contribution is 2.47. The molecule has 6 nitrogen and oxygen atoms in total. The summed E-state index contributed by atoms with van der Waals surface area (Å²) in [6, 6.07) is 3.04. The van der Waals surface area contributed by atoms with Crippen LogP contribution in [0.5, 0.6) is 0 Å². The molecule has 1 aliphatic rings. The quantitative estimate of drug-likeness (QED) is 0.600. The molecule has 16 heavy (non-hydrogen) atoms. The van der Waals surface area contributed by atoms with Gasteiger partial charge < -0.3 is 11.1 Å². The Hall–Kier alpha value is -1.85. The Labute approximate surface area is 93.0 Å². The third-order valence-electron chi connectivity index (χ3n) is 2.92. The van der Waals surface area contributed by atoms with Crippen molar-refractivity contribution in [3.05, 3.63) is 22.2 Å². The Balaban J connectivity index is 2.25.